The van der Waals surface area contributed by atoms with Gasteiger partial charge in [0.2, 0.25) is 0 Å². The molecule has 1 amide bonds. The first-order valence-electron chi connectivity index (χ1n) is 6.37. The van der Waals surface area contributed by atoms with E-state index in [9.17, 15) is 4.79 Å². The van der Waals surface area contributed by atoms with Crippen LogP contribution in [0.15, 0.2) is 22.8 Å². The van der Waals surface area contributed by atoms with Crippen molar-refractivity contribution in [1.82, 2.24) is 5.32 Å². The lowest BCUT2D eigenvalue weighted by molar-refractivity contribution is 0.0906. The Hall–Kier alpha value is -1.25. The second-order valence-corrected chi connectivity index (χ2v) is 5.28. The molecular formula is C14H23NO2. The third-order valence-corrected chi connectivity index (χ3v) is 2.93. The van der Waals surface area contributed by atoms with Crippen molar-refractivity contribution in [3.63, 3.8) is 0 Å². The molecule has 3 heteroatoms. The number of carbonyl (C=O) groups is 1. The Balaban J connectivity index is 2.31. The number of rotatable bonds is 7. The van der Waals surface area contributed by atoms with Crippen molar-refractivity contribution in [3.05, 3.63) is 24.2 Å². The Bertz CT molecular complexity index is 328. The van der Waals surface area contributed by atoms with Gasteiger partial charge < -0.3 is 9.73 Å². The van der Waals surface area contributed by atoms with E-state index in [1.807, 2.05) is 0 Å². The monoisotopic (exact) mass is 237 g/mol. The van der Waals surface area contributed by atoms with Crippen LogP contribution in [0.5, 0.6) is 0 Å². The standard InChI is InChI=1S/C14H23NO2/c1-4-5-6-9-14(2,3)11-15-13(16)12-8-7-10-17-12/h7-8,10H,4-6,9,11H2,1-3H3,(H,15,16). The number of hydrogen-bond acceptors (Lipinski definition) is 2. The zero-order valence-electron chi connectivity index (χ0n) is 11.1. The maximum atomic E-state index is 11.7. The van der Waals surface area contributed by atoms with Gasteiger partial charge in [0.15, 0.2) is 5.76 Å². The second-order valence-electron chi connectivity index (χ2n) is 5.28. The van der Waals surface area contributed by atoms with Crippen LogP contribution in [0.3, 0.4) is 0 Å². The van der Waals surface area contributed by atoms with E-state index in [2.05, 4.69) is 26.1 Å². The van der Waals surface area contributed by atoms with Crippen molar-refractivity contribution in [1.29, 1.82) is 0 Å². The van der Waals surface area contributed by atoms with Gasteiger partial charge in [-0.05, 0) is 24.0 Å². The smallest absolute Gasteiger partial charge is 0.286 e. The van der Waals surface area contributed by atoms with E-state index in [4.69, 9.17) is 4.42 Å². The summed E-state index contributed by atoms with van der Waals surface area (Å²) in [4.78, 5) is 11.7. The summed E-state index contributed by atoms with van der Waals surface area (Å²) < 4.78 is 5.05. The first-order chi connectivity index (χ1) is 8.05. The van der Waals surface area contributed by atoms with Gasteiger partial charge in [-0.2, -0.15) is 0 Å². The van der Waals surface area contributed by atoms with E-state index in [-0.39, 0.29) is 11.3 Å². The van der Waals surface area contributed by atoms with Crippen LogP contribution >= 0.6 is 0 Å². The molecule has 1 rings (SSSR count). The number of unbranched alkanes of at least 4 members (excludes halogenated alkanes) is 2. The highest BCUT2D eigenvalue weighted by Crippen LogP contribution is 2.22. The molecule has 1 aromatic heterocycles. The summed E-state index contributed by atoms with van der Waals surface area (Å²) in [5.74, 6) is 0.257. The fourth-order valence-electron chi connectivity index (χ4n) is 1.76. The third kappa shape index (κ3) is 5.07. The van der Waals surface area contributed by atoms with Gasteiger partial charge in [0.05, 0.1) is 6.26 Å². The van der Waals surface area contributed by atoms with Gasteiger partial charge in [0, 0.05) is 6.54 Å². The summed E-state index contributed by atoms with van der Waals surface area (Å²) in [6.45, 7) is 7.26. The Morgan fingerprint density at radius 1 is 1.41 bits per heavy atom. The molecule has 0 aliphatic carbocycles. The lowest BCUT2D eigenvalue weighted by Crippen LogP contribution is -2.33. The fourth-order valence-corrected chi connectivity index (χ4v) is 1.76. The highest BCUT2D eigenvalue weighted by atomic mass is 16.3. The van der Waals surface area contributed by atoms with Gasteiger partial charge in [-0.25, -0.2) is 0 Å². The molecule has 1 N–H and O–H groups in total. The molecule has 0 radical (unpaired) electrons. The van der Waals surface area contributed by atoms with E-state index in [1.165, 1.54) is 25.5 Å². The number of amides is 1. The fraction of sp³-hybridized carbons (Fsp3) is 0.643. The molecule has 0 spiro atoms. The lowest BCUT2D eigenvalue weighted by Gasteiger charge is -2.24. The average Bonchev–Trinajstić information content (AvgIpc) is 2.80. The summed E-state index contributed by atoms with van der Waals surface area (Å²) in [5.41, 5.74) is 0.150. The van der Waals surface area contributed by atoms with Gasteiger partial charge in [-0.15, -0.1) is 0 Å². The Kier molecular flexibility index (Phi) is 5.26. The molecule has 3 nitrogen and oxygen atoms in total. The van der Waals surface area contributed by atoms with Crippen molar-refractivity contribution < 1.29 is 9.21 Å². The second kappa shape index (κ2) is 6.48. The van der Waals surface area contributed by atoms with Crippen molar-refractivity contribution >= 4 is 5.91 Å². The van der Waals surface area contributed by atoms with Crippen molar-refractivity contribution in [2.75, 3.05) is 6.54 Å². The van der Waals surface area contributed by atoms with Crippen LogP contribution in [0.25, 0.3) is 0 Å². The molecule has 0 unspecified atom stereocenters. The molecular weight excluding hydrogens is 214 g/mol. The van der Waals surface area contributed by atoms with Gasteiger partial charge >= 0.3 is 0 Å². The molecule has 0 atom stereocenters. The van der Waals surface area contributed by atoms with Crippen LogP contribution in [0.2, 0.25) is 0 Å². The topological polar surface area (TPSA) is 42.2 Å². The van der Waals surface area contributed by atoms with Gasteiger partial charge in [-0.1, -0.05) is 40.0 Å². The first-order valence-corrected chi connectivity index (χ1v) is 6.37. The zero-order valence-corrected chi connectivity index (χ0v) is 11.1. The summed E-state index contributed by atoms with van der Waals surface area (Å²) in [7, 11) is 0. The molecule has 0 fully saturated rings. The molecule has 0 saturated carbocycles. The number of furan rings is 1. The Morgan fingerprint density at radius 2 is 2.18 bits per heavy atom. The minimum Gasteiger partial charge on any atom is -0.459 e. The molecule has 1 aromatic rings. The SMILES string of the molecule is CCCCCC(C)(C)CNC(=O)c1ccco1. The van der Waals surface area contributed by atoms with Crippen molar-refractivity contribution in [3.8, 4) is 0 Å². The van der Waals surface area contributed by atoms with Crippen molar-refractivity contribution in [2.45, 2.75) is 46.5 Å². The van der Waals surface area contributed by atoms with Gasteiger partial charge in [-0.3, -0.25) is 4.79 Å². The predicted molar refractivity (Wildman–Crippen MR) is 69.0 cm³/mol. The zero-order chi connectivity index (χ0) is 12.7. The van der Waals surface area contributed by atoms with E-state index < -0.39 is 0 Å². The maximum Gasteiger partial charge on any atom is 0.286 e. The van der Waals surface area contributed by atoms with Crippen LogP contribution < -0.4 is 5.32 Å². The minimum atomic E-state index is -0.126. The Morgan fingerprint density at radius 3 is 2.76 bits per heavy atom. The van der Waals surface area contributed by atoms with Crippen LogP contribution in [0.1, 0.15) is 57.0 Å². The van der Waals surface area contributed by atoms with Crippen LogP contribution in [-0.4, -0.2) is 12.5 Å². The quantitative estimate of drug-likeness (QED) is 0.736. The molecule has 96 valence electrons. The van der Waals surface area contributed by atoms with E-state index in [0.29, 0.717) is 12.3 Å². The molecule has 1 heterocycles. The first kappa shape index (κ1) is 13.8. The molecule has 17 heavy (non-hydrogen) atoms. The molecule has 0 aliphatic heterocycles. The average molecular weight is 237 g/mol. The van der Waals surface area contributed by atoms with Gasteiger partial charge in [0.1, 0.15) is 0 Å². The summed E-state index contributed by atoms with van der Waals surface area (Å²) in [5, 5.41) is 2.92. The highest BCUT2D eigenvalue weighted by molar-refractivity contribution is 5.91. The summed E-state index contributed by atoms with van der Waals surface area (Å²) in [6.07, 6.45) is 6.37. The molecule has 0 saturated heterocycles. The number of hydrogen-bond donors (Lipinski definition) is 1. The van der Waals surface area contributed by atoms with Crippen LogP contribution in [-0.2, 0) is 0 Å². The molecule has 0 bridgehead atoms. The van der Waals surface area contributed by atoms with Crippen LogP contribution in [0, 0.1) is 5.41 Å². The van der Waals surface area contributed by atoms with E-state index >= 15 is 0 Å². The maximum absolute atomic E-state index is 11.7. The number of nitrogens with one attached hydrogen (secondary N) is 1. The minimum absolute atomic E-state index is 0.126. The molecule has 0 aromatic carbocycles. The normalized spacial score (nSPS) is 11.5. The lowest BCUT2D eigenvalue weighted by atomic mass is 9.87. The summed E-state index contributed by atoms with van der Waals surface area (Å²) >= 11 is 0. The van der Waals surface area contributed by atoms with E-state index in [0.717, 1.165) is 6.42 Å². The summed E-state index contributed by atoms with van der Waals surface area (Å²) in [6, 6.07) is 3.40. The third-order valence-electron chi connectivity index (χ3n) is 2.93. The van der Waals surface area contributed by atoms with Gasteiger partial charge in [0.25, 0.3) is 5.91 Å². The largest absolute Gasteiger partial charge is 0.459 e. The Labute approximate surface area is 104 Å². The van der Waals surface area contributed by atoms with E-state index in [1.54, 1.807) is 12.1 Å². The highest BCUT2D eigenvalue weighted by Gasteiger charge is 2.19. The van der Waals surface area contributed by atoms with Crippen molar-refractivity contribution in [2.24, 2.45) is 5.41 Å². The number of carbonyl (C=O) groups excluding carboxylic acids is 1. The molecule has 0 aliphatic rings. The van der Waals surface area contributed by atoms with Crippen LogP contribution in [0.4, 0.5) is 0 Å². The predicted octanol–water partition coefficient (Wildman–Crippen LogP) is 3.62.